The summed E-state index contributed by atoms with van der Waals surface area (Å²) in [6, 6.07) is 6.41. The van der Waals surface area contributed by atoms with Crippen LogP contribution in [0.15, 0.2) is 36.8 Å². The number of nitrogen functional groups attached to an aromatic ring is 1. The summed E-state index contributed by atoms with van der Waals surface area (Å²) >= 11 is 1.72. The van der Waals surface area contributed by atoms with Crippen LogP contribution < -0.4 is 15.5 Å². The molecule has 6 rings (SSSR count). The second-order valence-corrected chi connectivity index (χ2v) is 9.87. The monoisotopic (exact) mass is 489 g/mol. The van der Waals surface area contributed by atoms with E-state index in [1.807, 2.05) is 6.20 Å². The van der Waals surface area contributed by atoms with Crippen molar-refractivity contribution in [1.82, 2.24) is 29.8 Å². The van der Waals surface area contributed by atoms with E-state index in [0.717, 1.165) is 77.1 Å². The van der Waals surface area contributed by atoms with Gasteiger partial charge in [-0.1, -0.05) is 0 Å². The Labute approximate surface area is 207 Å². The van der Waals surface area contributed by atoms with Crippen LogP contribution >= 0.6 is 11.3 Å². The molecule has 2 fully saturated rings. The van der Waals surface area contributed by atoms with Crippen LogP contribution in [-0.2, 0) is 4.74 Å². The summed E-state index contributed by atoms with van der Waals surface area (Å²) in [5, 5.41) is 0. The van der Waals surface area contributed by atoms with Crippen molar-refractivity contribution in [3.05, 3.63) is 36.8 Å². The Kier molecular flexibility index (Phi) is 5.88. The summed E-state index contributed by atoms with van der Waals surface area (Å²) < 4.78 is 6.65. The van der Waals surface area contributed by atoms with E-state index in [4.69, 9.17) is 20.4 Å². The number of hydrogen-bond acceptors (Lipinski definition) is 11. The van der Waals surface area contributed by atoms with Gasteiger partial charge in [-0.25, -0.2) is 24.9 Å². The van der Waals surface area contributed by atoms with Crippen LogP contribution in [0.2, 0.25) is 0 Å². The van der Waals surface area contributed by atoms with Gasteiger partial charge in [-0.05, 0) is 30.8 Å². The number of nitrogens with zero attached hydrogens (tertiary/aromatic N) is 8. The molecule has 2 aliphatic rings. The topological polar surface area (TPSA) is 109 Å². The van der Waals surface area contributed by atoms with E-state index in [2.05, 4.69) is 54.9 Å². The Bertz CT molecular complexity index is 1330. The van der Waals surface area contributed by atoms with Gasteiger partial charge in [-0.15, -0.1) is 11.3 Å². The van der Waals surface area contributed by atoms with Gasteiger partial charge >= 0.3 is 0 Å². The number of piperazine rings is 1. The number of morpholine rings is 1. The number of nitrogens with two attached hydrogens (primary N) is 1. The molecular formula is C24H27N9OS. The van der Waals surface area contributed by atoms with Crippen molar-refractivity contribution in [3.63, 3.8) is 0 Å². The van der Waals surface area contributed by atoms with Crippen molar-refractivity contribution in [2.24, 2.45) is 0 Å². The predicted molar refractivity (Wildman–Crippen MR) is 139 cm³/mol. The number of hydrogen-bond donors (Lipinski definition) is 1. The van der Waals surface area contributed by atoms with E-state index in [0.29, 0.717) is 19.0 Å². The highest BCUT2D eigenvalue weighted by Gasteiger charge is 2.21. The lowest BCUT2D eigenvalue weighted by atomic mass is 10.2. The molecule has 11 heteroatoms. The van der Waals surface area contributed by atoms with E-state index in [1.54, 1.807) is 23.7 Å². The molecule has 4 aromatic rings. The zero-order valence-corrected chi connectivity index (χ0v) is 20.4. The van der Waals surface area contributed by atoms with E-state index in [9.17, 15) is 0 Å². The maximum Gasteiger partial charge on any atom is 0.219 e. The Morgan fingerprint density at radius 1 is 0.886 bits per heavy atom. The minimum Gasteiger partial charge on any atom is -0.378 e. The highest BCUT2D eigenvalue weighted by atomic mass is 32.1. The van der Waals surface area contributed by atoms with Crippen LogP contribution in [0.3, 0.4) is 0 Å². The van der Waals surface area contributed by atoms with E-state index in [1.165, 1.54) is 0 Å². The quantitative estimate of drug-likeness (QED) is 0.459. The number of anilines is 3. The molecule has 0 atom stereocenters. The molecule has 10 nitrogen and oxygen atoms in total. The van der Waals surface area contributed by atoms with Crippen molar-refractivity contribution in [2.45, 2.75) is 0 Å². The third kappa shape index (κ3) is 4.49. The zero-order chi connectivity index (χ0) is 23.8. The molecule has 0 spiro atoms. The normalized spacial score (nSPS) is 17.3. The van der Waals surface area contributed by atoms with Crippen LogP contribution in [0, 0.1) is 0 Å². The molecule has 0 saturated carbocycles. The van der Waals surface area contributed by atoms with Gasteiger partial charge in [0.25, 0.3) is 0 Å². The van der Waals surface area contributed by atoms with Gasteiger partial charge in [0.1, 0.15) is 5.82 Å². The summed E-state index contributed by atoms with van der Waals surface area (Å²) in [4.78, 5) is 30.9. The average Bonchev–Trinajstić information content (AvgIpc) is 3.34. The molecule has 0 amide bonds. The summed E-state index contributed by atoms with van der Waals surface area (Å²) in [6.07, 6.45) is 5.25. The zero-order valence-electron chi connectivity index (χ0n) is 19.6. The van der Waals surface area contributed by atoms with Gasteiger partial charge in [-0.3, -0.25) is 0 Å². The molecule has 35 heavy (non-hydrogen) atoms. The largest absolute Gasteiger partial charge is 0.378 e. The maximum atomic E-state index is 5.69. The molecule has 0 radical (unpaired) electrons. The molecule has 0 aromatic carbocycles. The lowest BCUT2D eigenvalue weighted by Gasteiger charge is -2.33. The van der Waals surface area contributed by atoms with Gasteiger partial charge in [0, 0.05) is 62.7 Å². The average molecular weight is 490 g/mol. The van der Waals surface area contributed by atoms with E-state index in [-0.39, 0.29) is 5.95 Å². The van der Waals surface area contributed by atoms with Crippen LogP contribution in [0.25, 0.3) is 32.0 Å². The van der Waals surface area contributed by atoms with Crippen molar-refractivity contribution in [2.75, 3.05) is 75.1 Å². The lowest BCUT2D eigenvalue weighted by molar-refractivity contribution is 0.122. The number of thiophene rings is 1. The van der Waals surface area contributed by atoms with Gasteiger partial charge in [0.05, 0.1) is 29.0 Å². The minimum absolute atomic E-state index is 0.231. The number of fused-ring (bicyclic) bond motifs is 1. The maximum absolute atomic E-state index is 5.69. The third-order valence-corrected chi connectivity index (χ3v) is 7.62. The van der Waals surface area contributed by atoms with Crippen LogP contribution in [-0.4, -0.2) is 89.3 Å². The number of likely N-dealkylation sites (N-methyl/N-ethyl adjacent to an activating group) is 1. The lowest BCUT2D eigenvalue weighted by Crippen LogP contribution is -2.44. The summed E-state index contributed by atoms with van der Waals surface area (Å²) in [5.41, 5.74) is 8.48. The SMILES string of the molecule is CN1CCN(c2cc(-c3cc4nc(-c5cnc(N)nc5)nc(N5CCOCC5)c4s3)ccn2)CC1. The Morgan fingerprint density at radius 3 is 2.43 bits per heavy atom. The van der Waals surface area contributed by atoms with Gasteiger partial charge < -0.3 is 25.2 Å². The molecular weight excluding hydrogens is 462 g/mol. The first-order valence-electron chi connectivity index (χ1n) is 11.8. The van der Waals surface area contributed by atoms with Gasteiger partial charge in [-0.2, -0.15) is 0 Å². The van der Waals surface area contributed by atoms with Gasteiger partial charge in [0.15, 0.2) is 11.6 Å². The van der Waals surface area contributed by atoms with E-state index >= 15 is 0 Å². The van der Waals surface area contributed by atoms with Crippen LogP contribution in [0.4, 0.5) is 17.6 Å². The summed E-state index contributed by atoms with van der Waals surface area (Å²) in [6.45, 7) is 7.01. The fraction of sp³-hybridized carbons (Fsp3) is 0.375. The molecule has 0 unspecified atom stereocenters. The Morgan fingerprint density at radius 2 is 1.66 bits per heavy atom. The van der Waals surface area contributed by atoms with Crippen LogP contribution in [0.5, 0.6) is 0 Å². The molecule has 2 saturated heterocycles. The first-order valence-corrected chi connectivity index (χ1v) is 12.6. The number of pyridine rings is 1. The Hall–Kier alpha value is -3.41. The molecule has 0 bridgehead atoms. The standard InChI is InChI=1S/C24H27N9OS/c1-31-4-6-32(7-5-31)20-12-16(2-3-26-20)19-13-18-21(35-19)23(33-8-10-34-11-9-33)30-22(29-18)17-14-27-24(25)28-15-17/h2-3,12-15H,4-11H2,1H3,(H2,25,27,28). The number of rotatable bonds is 4. The van der Waals surface area contributed by atoms with Crippen molar-refractivity contribution in [1.29, 1.82) is 0 Å². The second-order valence-electron chi connectivity index (χ2n) is 8.82. The first kappa shape index (κ1) is 22.1. The molecule has 4 aromatic heterocycles. The van der Waals surface area contributed by atoms with E-state index < -0.39 is 0 Å². The van der Waals surface area contributed by atoms with Gasteiger partial charge in [0.2, 0.25) is 5.95 Å². The van der Waals surface area contributed by atoms with Crippen molar-refractivity contribution >= 4 is 39.1 Å². The van der Waals surface area contributed by atoms with Crippen molar-refractivity contribution in [3.8, 4) is 21.8 Å². The molecule has 180 valence electrons. The Balaban J connectivity index is 1.41. The third-order valence-electron chi connectivity index (χ3n) is 6.45. The second kappa shape index (κ2) is 9.33. The molecule has 2 aliphatic heterocycles. The minimum atomic E-state index is 0.231. The smallest absolute Gasteiger partial charge is 0.219 e. The summed E-state index contributed by atoms with van der Waals surface area (Å²) in [5.74, 6) is 2.77. The molecule has 2 N–H and O–H groups in total. The summed E-state index contributed by atoms with van der Waals surface area (Å²) in [7, 11) is 2.16. The first-order chi connectivity index (χ1) is 17.1. The fourth-order valence-corrected chi connectivity index (χ4v) is 5.52. The number of aromatic nitrogens is 5. The highest BCUT2D eigenvalue weighted by molar-refractivity contribution is 7.22. The highest BCUT2D eigenvalue weighted by Crippen LogP contribution is 2.39. The van der Waals surface area contributed by atoms with Crippen molar-refractivity contribution < 1.29 is 4.74 Å². The molecule has 0 aliphatic carbocycles. The fourth-order valence-electron chi connectivity index (χ4n) is 4.41. The predicted octanol–water partition coefficient (Wildman–Crippen LogP) is 2.38. The van der Waals surface area contributed by atoms with Crippen LogP contribution in [0.1, 0.15) is 0 Å². The molecule has 6 heterocycles. The number of ether oxygens (including phenoxy) is 1.